The van der Waals surface area contributed by atoms with Crippen LogP contribution in [0, 0.1) is 0 Å². The van der Waals surface area contributed by atoms with Crippen LogP contribution in [0.25, 0.3) is 0 Å². The number of nitrogens with one attached hydrogen (secondary N) is 1. The van der Waals surface area contributed by atoms with Gasteiger partial charge in [0.15, 0.2) is 0 Å². The molecule has 1 rings (SSSR count). The second-order valence-corrected chi connectivity index (χ2v) is 4.97. The first-order valence-electron chi connectivity index (χ1n) is 6.87. The molecule has 0 fully saturated rings. The minimum atomic E-state index is 0.703. The molecule has 0 spiro atoms. The average Bonchev–Trinajstić information content (AvgIpc) is 2.36. The van der Waals surface area contributed by atoms with E-state index in [-0.39, 0.29) is 0 Å². The second kappa shape index (κ2) is 8.73. The summed E-state index contributed by atoms with van der Waals surface area (Å²) in [7, 11) is 2.08. The van der Waals surface area contributed by atoms with Gasteiger partial charge in [0.25, 0.3) is 0 Å². The van der Waals surface area contributed by atoms with Crippen LogP contribution in [0.5, 0.6) is 5.75 Å². The highest BCUT2D eigenvalue weighted by Crippen LogP contribution is 2.13. The molecule has 0 aromatic heterocycles. The van der Waals surface area contributed by atoms with E-state index in [1.165, 1.54) is 11.1 Å². The SMILES string of the molecule is C=C(C)CN(C)CCOc1cccc(CNCC)c1. The lowest BCUT2D eigenvalue weighted by atomic mass is 10.2. The molecule has 106 valence electrons. The molecule has 19 heavy (non-hydrogen) atoms. The van der Waals surface area contributed by atoms with E-state index in [1.807, 2.05) is 19.1 Å². The zero-order valence-corrected chi connectivity index (χ0v) is 12.4. The van der Waals surface area contributed by atoms with E-state index in [0.717, 1.165) is 31.9 Å². The maximum Gasteiger partial charge on any atom is 0.119 e. The molecular formula is C16H26N2O. The van der Waals surface area contributed by atoms with Gasteiger partial charge in [-0.3, -0.25) is 4.90 Å². The van der Waals surface area contributed by atoms with E-state index >= 15 is 0 Å². The average molecular weight is 262 g/mol. The molecule has 0 saturated carbocycles. The quantitative estimate of drug-likeness (QED) is 0.693. The van der Waals surface area contributed by atoms with E-state index in [9.17, 15) is 0 Å². The van der Waals surface area contributed by atoms with Gasteiger partial charge in [0.1, 0.15) is 12.4 Å². The lowest BCUT2D eigenvalue weighted by Gasteiger charge is -2.17. The Morgan fingerprint density at radius 2 is 2.21 bits per heavy atom. The summed E-state index contributed by atoms with van der Waals surface area (Å²) in [5.41, 5.74) is 2.43. The molecule has 0 aliphatic heterocycles. The van der Waals surface area contributed by atoms with E-state index in [4.69, 9.17) is 4.74 Å². The topological polar surface area (TPSA) is 24.5 Å². The van der Waals surface area contributed by atoms with E-state index < -0.39 is 0 Å². The van der Waals surface area contributed by atoms with Crippen LogP contribution in [0.4, 0.5) is 0 Å². The van der Waals surface area contributed by atoms with Crippen LogP contribution < -0.4 is 10.1 Å². The van der Waals surface area contributed by atoms with Crippen molar-refractivity contribution in [1.29, 1.82) is 0 Å². The lowest BCUT2D eigenvalue weighted by molar-refractivity contribution is 0.247. The summed E-state index contributed by atoms with van der Waals surface area (Å²) in [5, 5.41) is 3.31. The molecule has 0 amide bonds. The fourth-order valence-corrected chi connectivity index (χ4v) is 1.87. The third-order valence-electron chi connectivity index (χ3n) is 2.76. The van der Waals surface area contributed by atoms with Crippen molar-refractivity contribution in [3.05, 3.63) is 42.0 Å². The van der Waals surface area contributed by atoms with Crippen molar-refractivity contribution in [3.8, 4) is 5.75 Å². The van der Waals surface area contributed by atoms with Crippen molar-refractivity contribution in [2.24, 2.45) is 0 Å². The smallest absolute Gasteiger partial charge is 0.119 e. The van der Waals surface area contributed by atoms with Crippen molar-refractivity contribution < 1.29 is 4.74 Å². The number of nitrogens with zero attached hydrogens (tertiary/aromatic N) is 1. The zero-order valence-electron chi connectivity index (χ0n) is 12.4. The maximum absolute atomic E-state index is 5.78. The number of benzene rings is 1. The third-order valence-corrected chi connectivity index (χ3v) is 2.76. The number of ether oxygens (including phenoxy) is 1. The van der Waals surface area contributed by atoms with Crippen LogP contribution in [-0.2, 0) is 6.54 Å². The predicted octanol–water partition coefficient (Wildman–Crippen LogP) is 2.68. The fraction of sp³-hybridized carbons (Fsp3) is 0.500. The van der Waals surface area contributed by atoms with Gasteiger partial charge in [0.05, 0.1) is 0 Å². The molecule has 0 bridgehead atoms. The summed E-state index contributed by atoms with van der Waals surface area (Å²) in [6.45, 7) is 12.5. The summed E-state index contributed by atoms with van der Waals surface area (Å²) >= 11 is 0. The van der Waals surface area contributed by atoms with Crippen LogP contribution in [0.1, 0.15) is 19.4 Å². The van der Waals surface area contributed by atoms with Gasteiger partial charge >= 0.3 is 0 Å². The molecule has 3 nitrogen and oxygen atoms in total. The molecular weight excluding hydrogens is 236 g/mol. The minimum absolute atomic E-state index is 0.703. The van der Waals surface area contributed by atoms with Crippen molar-refractivity contribution in [3.63, 3.8) is 0 Å². The van der Waals surface area contributed by atoms with Gasteiger partial charge in [0.2, 0.25) is 0 Å². The monoisotopic (exact) mass is 262 g/mol. The Kier molecular flexibility index (Phi) is 7.23. The molecule has 0 heterocycles. The maximum atomic E-state index is 5.78. The Bertz CT molecular complexity index is 390. The number of likely N-dealkylation sites (N-methyl/N-ethyl adjacent to an activating group) is 1. The predicted molar refractivity (Wildman–Crippen MR) is 81.6 cm³/mol. The Labute approximate surface area is 117 Å². The van der Waals surface area contributed by atoms with Crippen molar-refractivity contribution >= 4 is 0 Å². The van der Waals surface area contributed by atoms with E-state index in [2.05, 4.69) is 42.9 Å². The first kappa shape index (κ1) is 15.7. The Balaban J connectivity index is 2.34. The Morgan fingerprint density at radius 1 is 1.42 bits per heavy atom. The summed E-state index contributed by atoms with van der Waals surface area (Å²) in [5.74, 6) is 0.944. The molecule has 1 aromatic carbocycles. The van der Waals surface area contributed by atoms with Crippen molar-refractivity contribution in [2.75, 3.05) is 33.3 Å². The second-order valence-electron chi connectivity index (χ2n) is 4.97. The number of hydrogen-bond acceptors (Lipinski definition) is 3. The van der Waals surface area contributed by atoms with Gasteiger partial charge in [-0.2, -0.15) is 0 Å². The molecule has 0 aliphatic carbocycles. The summed E-state index contributed by atoms with van der Waals surface area (Å²) in [6.07, 6.45) is 0. The number of rotatable bonds is 9. The van der Waals surface area contributed by atoms with Gasteiger partial charge in [-0.05, 0) is 38.2 Å². The van der Waals surface area contributed by atoms with Gasteiger partial charge in [-0.1, -0.05) is 31.2 Å². The summed E-state index contributed by atoms with van der Waals surface area (Å²) in [6, 6.07) is 8.26. The van der Waals surface area contributed by atoms with Crippen molar-refractivity contribution in [2.45, 2.75) is 20.4 Å². The highest BCUT2D eigenvalue weighted by molar-refractivity contribution is 5.28. The molecule has 0 saturated heterocycles. The lowest BCUT2D eigenvalue weighted by Crippen LogP contribution is -2.25. The molecule has 1 N–H and O–H groups in total. The third kappa shape index (κ3) is 6.99. The van der Waals surface area contributed by atoms with Gasteiger partial charge in [0, 0.05) is 19.6 Å². The van der Waals surface area contributed by atoms with Gasteiger partial charge in [-0.15, -0.1) is 0 Å². The van der Waals surface area contributed by atoms with Crippen LogP contribution >= 0.6 is 0 Å². The molecule has 0 atom stereocenters. The zero-order chi connectivity index (χ0) is 14.1. The summed E-state index contributed by atoms with van der Waals surface area (Å²) in [4.78, 5) is 2.21. The normalized spacial score (nSPS) is 10.7. The van der Waals surface area contributed by atoms with E-state index in [1.54, 1.807) is 0 Å². The van der Waals surface area contributed by atoms with Crippen LogP contribution in [-0.4, -0.2) is 38.2 Å². The molecule has 3 heteroatoms. The van der Waals surface area contributed by atoms with Gasteiger partial charge < -0.3 is 10.1 Å². The molecule has 0 radical (unpaired) electrons. The largest absolute Gasteiger partial charge is 0.492 e. The standard InChI is InChI=1S/C16H26N2O/c1-5-17-12-15-7-6-8-16(11-15)19-10-9-18(4)13-14(2)3/h6-8,11,17H,2,5,9-10,12-13H2,1,3-4H3. The first-order chi connectivity index (χ1) is 9.11. The Morgan fingerprint density at radius 3 is 2.89 bits per heavy atom. The molecule has 0 unspecified atom stereocenters. The minimum Gasteiger partial charge on any atom is -0.492 e. The fourth-order valence-electron chi connectivity index (χ4n) is 1.87. The number of hydrogen-bond donors (Lipinski definition) is 1. The summed E-state index contributed by atoms with van der Waals surface area (Å²) < 4.78 is 5.78. The molecule has 1 aromatic rings. The van der Waals surface area contributed by atoms with Crippen LogP contribution in [0.3, 0.4) is 0 Å². The van der Waals surface area contributed by atoms with Crippen molar-refractivity contribution in [1.82, 2.24) is 10.2 Å². The van der Waals surface area contributed by atoms with Crippen LogP contribution in [0.2, 0.25) is 0 Å². The molecule has 0 aliphatic rings. The van der Waals surface area contributed by atoms with E-state index in [0.29, 0.717) is 6.61 Å². The highest BCUT2D eigenvalue weighted by Gasteiger charge is 2.00. The van der Waals surface area contributed by atoms with Crippen LogP contribution in [0.15, 0.2) is 36.4 Å². The Hall–Kier alpha value is -1.32. The van der Waals surface area contributed by atoms with Gasteiger partial charge in [-0.25, -0.2) is 0 Å². The first-order valence-corrected chi connectivity index (χ1v) is 6.87. The highest BCUT2D eigenvalue weighted by atomic mass is 16.5.